The van der Waals surface area contributed by atoms with Gasteiger partial charge < -0.3 is 9.64 Å². The van der Waals surface area contributed by atoms with Gasteiger partial charge in [-0.15, -0.1) is 0 Å². The average molecular weight is 183 g/mol. The second kappa shape index (κ2) is 3.29. The Balaban J connectivity index is 1.88. The van der Waals surface area contributed by atoms with Crippen molar-refractivity contribution in [3.05, 3.63) is 0 Å². The molecule has 1 aliphatic heterocycles. The molecule has 1 aliphatic carbocycles. The van der Waals surface area contributed by atoms with Crippen LogP contribution in [0.25, 0.3) is 0 Å². The number of carbonyl (C=O) groups is 1. The Morgan fingerprint density at radius 2 is 2.15 bits per heavy atom. The van der Waals surface area contributed by atoms with Gasteiger partial charge in [-0.05, 0) is 19.3 Å². The molecule has 74 valence electrons. The van der Waals surface area contributed by atoms with Crippen LogP contribution < -0.4 is 0 Å². The maximum absolute atomic E-state index is 11.8. The van der Waals surface area contributed by atoms with Gasteiger partial charge in [0, 0.05) is 19.0 Å². The molecule has 3 atom stereocenters. The van der Waals surface area contributed by atoms with E-state index in [1.165, 1.54) is 0 Å². The molecule has 0 radical (unpaired) electrons. The molecule has 2 aliphatic rings. The Labute approximate surface area is 79.0 Å². The highest BCUT2D eigenvalue weighted by Gasteiger charge is 2.42. The van der Waals surface area contributed by atoms with Crippen molar-refractivity contribution >= 4 is 5.91 Å². The van der Waals surface area contributed by atoms with Crippen molar-refractivity contribution in [2.75, 3.05) is 19.7 Å². The quantitative estimate of drug-likeness (QED) is 0.604. The monoisotopic (exact) mass is 183 g/mol. The van der Waals surface area contributed by atoms with E-state index in [1.54, 1.807) is 0 Å². The summed E-state index contributed by atoms with van der Waals surface area (Å²) >= 11 is 0. The van der Waals surface area contributed by atoms with Gasteiger partial charge in [-0.1, -0.05) is 6.92 Å². The largest absolute Gasteiger partial charge is 0.375 e. The molecule has 2 rings (SSSR count). The smallest absolute Gasteiger partial charge is 0.226 e. The number of rotatable bonds is 1. The molecule has 3 nitrogen and oxygen atoms in total. The van der Waals surface area contributed by atoms with Crippen LogP contribution in [0.1, 0.15) is 20.3 Å². The van der Waals surface area contributed by atoms with Crippen molar-refractivity contribution in [2.45, 2.75) is 26.4 Å². The predicted octanol–water partition coefficient (Wildman–Crippen LogP) is 0.890. The van der Waals surface area contributed by atoms with E-state index in [9.17, 15) is 4.79 Å². The zero-order chi connectivity index (χ0) is 9.42. The molecule has 0 spiro atoms. The first-order valence-corrected chi connectivity index (χ1v) is 5.09. The van der Waals surface area contributed by atoms with Gasteiger partial charge in [-0.2, -0.15) is 0 Å². The minimum absolute atomic E-state index is 0.215. The number of ether oxygens (including phenoxy) is 1. The lowest BCUT2D eigenvalue weighted by Crippen LogP contribution is -2.45. The van der Waals surface area contributed by atoms with Crippen molar-refractivity contribution in [2.24, 2.45) is 11.8 Å². The first-order chi connectivity index (χ1) is 6.18. The SMILES string of the molecule is C[C@@H]1CN(C(=O)[C@@H]2C[C@@H]2C)CCO1. The fourth-order valence-electron chi connectivity index (χ4n) is 1.92. The molecule has 3 heteroatoms. The zero-order valence-corrected chi connectivity index (χ0v) is 8.32. The van der Waals surface area contributed by atoms with Crippen LogP contribution in [0.4, 0.5) is 0 Å². The van der Waals surface area contributed by atoms with Gasteiger partial charge in [-0.25, -0.2) is 0 Å². The summed E-state index contributed by atoms with van der Waals surface area (Å²) < 4.78 is 5.39. The molecular weight excluding hydrogens is 166 g/mol. The van der Waals surface area contributed by atoms with E-state index in [0.29, 0.717) is 24.3 Å². The highest BCUT2D eigenvalue weighted by molar-refractivity contribution is 5.81. The molecule has 1 saturated heterocycles. The molecule has 0 aromatic rings. The molecular formula is C10H17NO2. The topological polar surface area (TPSA) is 29.5 Å². The number of morpholine rings is 1. The Morgan fingerprint density at radius 1 is 1.46 bits per heavy atom. The van der Waals surface area contributed by atoms with Gasteiger partial charge in [0.1, 0.15) is 0 Å². The summed E-state index contributed by atoms with van der Waals surface area (Å²) in [5.74, 6) is 1.29. The highest BCUT2D eigenvalue weighted by Crippen LogP contribution is 2.39. The van der Waals surface area contributed by atoms with Gasteiger partial charge >= 0.3 is 0 Å². The first kappa shape index (κ1) is 9.00. The number of amides is 1. The lowest BCUT2D eigenvalue weighted by molar-refractivity contribution is -0.139. The minimum atomic E-state index is 0.215. The maximum Gasteiger partial charge on any atom is 0.226 e. The lowest BCUT2D eigenvalue weighted by atomic mass is 10.2. The summed E-state index contributed by atoms with van der Waals surface area (Å²) in [5, 5.41) is 0. The predicted molar refractivity (Wildman–Crippen MR) is 49.3 cm³/mol. The lowest BCUT2D eigenvalue weighted by Gasteiger charge is -2.31. The van der Waals surface area contributed by atoms with Crippen LogP contribution in [0.15, 0.2) is 0 Å². The summed E-state index contributed by atoms with van der Waals surface area (Å²) in [4.78, 5) is 13.7. The van der Waals surface area contributed by atoms with Gasteiger partial charge in [0.25, 0.3) is 0 Å². The van der Waals surface area contributed by atoms with Crippen molar-refractivity contribution in [1.29, 1.82) is 0 Å². The van der Waals surface area contributed by atoms with Crippen molar-refractivity contribution < 1.29 is 9.53 Å². The third-order valence-electron chi connectivity index (χ3n) is 2.98. The average Bonchev–Trinajstić information content (AvgIpc) is 2.81. The minimum Gasteiger partial charge on any atom is -0.375 e. The van der Waals surface area contributed by atoms with E-state index in [-0.39, 0.29) is 6.10 Å². The molecule has 2 fully saturated rings. The third kappa shape index (κ3) is 1.85. The van der Waals surface area contributed by atoms with Gasteiger partial charge in [0.2, 0.25) is 5.91 Å². The van der Waals surface area contributed by atoms with E-state index in [1.807, 2.05) is 11.8 Å². The van der Waals surface area contributed by atoms with E-state index in [4.69, 9.17) is 4.74 Å². The van der Waals surface area contributed by atoms with Crippen molar-refractivity contribution in [3.8, 4) is 0 Å². The molecule has 1 amide bonds. The van der Waals surface area contributed by atoms with Crippen molar-refractivity contribution in [3.63, 3.8) is 0 Å². The molecule has 0 unspecified atom stereocenters. The molecule has 0 bridgehead atoms. The number of hydrogen-bond donors (Lipinski definition) is 0. The fourth-order valence-corrected chi connectivity index (χ4v) is 1.92. The molecule has 0 N–H and O–H groups in total. The van der Waals surface area contributed by atoms with Crippen molar-refractivity contribution in [1.82, 2.24) is 4.90 Å². The summed E-state index contributed by atoms with van der Waals surface area (Å²) in [6.07, 6.45) is 1.30. The van der Waals surface area contributed by atoms with E-state index in [0.717, 1.165) is 19.5 Å². The maximum atomic E-state index is 11.8. The Morgan fingerprint density at radius 3 is 2.69 bits per heavy atom. The summed E-state index contributed by atoms with van der Waals surface area (Å²) in [6, 6.07) is 0. The van der Waals surface area contributed by atoms with Crippen LogP contribution in [0.2, 0.25) is 0 Å². The summed E-state index contributed by atoms with van der Waals surface area (Å²) in [7, 11) is 0. The third-order valence-corrected chi connectivity index (χ3v) is 2.98. The Hall–Kier alpha value is -0.570. The Bertz CT molecular complexity index is 217. The van der Waals surface area contributed by atoms with Gasteiger partial charge in [0.15, 0.2) is 0 Å². The summed E-state index contributed by atoms with van der Waals surface area (Å²) in [6.45, 7) is 6.44. The number of nitrogens with zero attached hydrogens (tertiary/aromatic N) is 1. The van der Waals surface area contributed by atoms with E-state index < -0.39 is 0 Å². The second-order valence-corrected chi connectivity index (χ2v) is 4.29. The number of carbonyl (C=O) groups excluding carboxylic acids is 1. The van der Waals surface area contributed by atoms with Gasteiger partial charge in [-0.3, -0.25) is 4.79 Å². The number of hydrogen-bond acceptors (Lipinski definition) is 2. The first-order valence-electron chi connectivity index (χ1n) is 5.09. The fraction of sp³-hybridized carbons (Fsp3) is 0.900. The molecule has 13 heavy (non-hydrogen) atoms. The van der Waals surface area contributed by atoms with Gasteiger partial charge in [0.05, 0.1) is 12.7 Å². The van der Waals surface area contributed by atoms with Crippen LogP contribution >= 0.6 is 0 Å². The van der Waals surface area contributed by atoms with E-state index in [2.05, 4.69) is 6.92 Å². The zero-order valence-electron chi connectivity index (χ0n) is 8.32. The van der Waals surface area contributed by atoms with Crippen LogP contribution in [-0.4, -0.2) is 36.6 Å². The van der Waals surface area contributed by atoms with Crippen LogP contribution in [0, 0.1) is 11.8 Å². The Kier molecular flexibility index (Phi) is 2.28. The van der Waals surface area contributed by atoms with Crippen LogP contribution in [0.5, 0.6) is 0 Å². The molecule has 0 aromatic carbocycles. The highest BCUT2D eigenvalue weighted by atomic mass is 16.5. The molecule has 1 saturated carbocycles. The summed E-state index contributed by atoms with van der Waals surface area (Å²) in [5.41, 5.74) is 0. The van der Waals surface area contributed by atoms with E-state index >= 15 is 0 Å². The molecule has 1 heterocycles. The molecule has 0 aromatic heterocycles. The van der Waals surface area contributed by atoms with Crippen LogP contribution in [0.3, 0.4) is 0 Å². The van der Waals surface area contributed by atoms with Crippen LogP contribution in [-0.2, 0) is 9.53 Å². The normalized spacial score (nSPS) is 38.9. The standard InChI is InChI=1S/C10H17NO2/c1-7-5-9(7)10(12)11-3-4-13-8(2)6-11/h7-9H,3-6H2,1-2H3/t7-,8+,9+/m0/s1. The second-order valence-electron chi connectivity index (χ2n) is 4.29.